The molecule has 2 heterocycles. The fourth-order valence-corrected chi connectivity index (χ4v) is 2.50. The number of benzene rings is 1. The summed E-state index contributed by atoms with van der Waals surface area (Å²) in [4.78, 5) is 0. The lowest BCUT2D eigenvalue weighted by Crippen LogP contribution is -2.30. The second kappa shape index (κ2) is 5.60. The molecule has 1 unspecified atom stereocenters. The summed E-state index contributed by atoms with van der Waals surface area (Å²) in [7, 11) is 0. The lowest BCUT2D eigenvalue weighted by atomic mass is 10.1. The fourth-order valence-electron chi connectivity index (χ4n) is 2.50. The molecule has 5 heteroatoms. The van der Waals surface area contributed by atoms with Gasteiger partial charge in [-0.3, -0.25) is 0 Å². The van der Waals surface area contributed by atoms with Crippen molar-refractivity contribution in [2.75, 3.05) is 26.4 Å². The maximum Gasteiger partial charge on any atom is 0.165 e. The van der Waals surface area contributed by atoms with Crippen LogP contribution < -0.4 is 14.8 Å². The largest absolute Gasteiger partial charge is 0.486 e. The topological polar surface area (TPSA) is 49.0 Å². The van der Waals surface area contributed by atoms with Crippen LogP contribution in [-0.4, -0.2) is 38.3 Å². The first-order chi connectivity index (χ1) is 9.64. The van der Waals surface area contributed by atoms with Crippen molar-refractivity contribution < 1.29 is 18.9 Å². The van der Waals surface area contributed by atoms with E-state index in [9.17, 15) is 0 Å². The van der Waals surface area contributed by atoms with Gasteiger partial charge in [-0.25, -0.2) is 0 Å². The number of para-hydroxylation sites is 1. The first-order valence-electron chi connectivity index (χ1n) is 7.04. The van der Waals surface area contributed by atoms with Gasteiger partial charge in [0.05, 0.1) is 12.7 Å². The minimum Gasteiger partial charge on any atom is -0.486 e. The molecule has 1 saturated heterocycles. The molecule has 1 atom stereocenters. The minimum absolute atomic E-state index is 0.0988. The standard InChI is InChI=1S/C15H21NO4/c1-15(2)19-10-12(20-15)9-16-8-11-4-3-5-13-14(11)18-7-6-17-13/h3-5,12,16H,6-10H2,1-2H3. The molecule has 0 amide bonds. The van der Waals surface area contributed by atoms with Crippen LogP contribution in [0.15, 0.2) is 18.2 Å². The normalized spacial score (nSPS) is 23.8. The predicted octanol–water partition coefficient (Wildman–Crippen LogP) is 1.70. The van der Waals surface area contributed by atoms with E-state index >= 15 is 0 Å². The minimum atomic E-state index is -0.463. The molecule has 0 bridgehead atoms. The van der Waals surface area contributed by atoms with Crippen LogP contribution in [0.3, 0.4) is 0 Å². The van der Waals surface area contributed by atoms with Crippen LogP contribution in [0, 0.1) is 0 Å². The van der Waals surface area contributed by atoms with E-state index < -0.39 is 5.79 Å². The number of hydrogen-bond donors (Lipinski definition) is 1. The van der Waals surface area contributed by atoms with Crippen LogP contribution in [0.2, 0.25) is 0 Å². The van der Waals surface area contributed by atoms with Crippen LogP contribution in [0.25, 0.3) is 0 Å². The number of hydrogen-bond acceptors (Lipinski definition) is 5. The molecule has 1 N–H and O–H groups in total. The average Bonchev–Trinajstić information content (AvgIpc) is 2.79. The highest BCUT2D eigenvalue weighted by molar-refractivity contribution is 5.47. The summed E-state index contributed by atoms with van der Waals surface area (Å²) in [5.74, 6) is 1.22. The predicted molar refractivity (Wildman–Crippen MR) is 74.0 cm³/mol. The van der Waals surface area contributed by atoms with Gasteiger partial charge in [0.15, 0.2) is 17.3 Å². The molecule has 0 spiro atoms. The van der Waals surface area contributed by atoms with Gasteiger partial charge in [0, 0.05) is 18.7 Å². The van der Waals surface area contributed by atoms with E-state index in [0.29, 0.717) is 19.8 Å². The van der Waals surface area contributed by atoms with Crippen molar-refractivity contribution in [2.24, 2.45) is 0 Å². The number of rotatable bonds is 4. The number of ether oxygens (including phenoxy) is 4. The van der Waals surface area contributed by atoms with Crippen molar-refractivity contribution in [3.05, 3.63) is 23.8 Å². The van der Waals surface area contributed by atoms with E-state index in [4.69, 9.17) is 18.9 Å². The van der Waals surface area contributed by atoms with Crippen molar-refractivity contribution in [1.29, 1.82) is 0 Å². The van der Waals surface area contributed by atoms with Crippen LogP contribution >= 0.6 is 0 Å². The Kier molecular flexibility index (Phi) is 3.83. The molecule has 2 aliphatic rings. The van der Waals surface area contributed by atoms with Crippen molar-refractivity contribution in [3.8, 4) is 11.5 Å². The molecule has 3 rings (SSSR count). The summed E-state index contributed by atoms with van der Waals surface area (Å²) < 4.78 is 22.6. The Hall–Kier alpha value is -1.30. The first kappa shape index (κ1) is 13.7. The summed E-state index contributed by atoms with van der Waals surface area (Å²) in [5.41, 5.74) is 1.11. The molecule has 5 nitrogen and oxygen atoms in total. The summed E-state index contributed by atoms with van der Waals surface area (Å²) >= 11 is 0. The second-order valence-corrected chi connectivity index (χ2v) is 5.52. The first-order valence-corrected chi connectivity index (χ1v) is 7.04. The summed E-state index contributed by atoms with van der Waals surface area (Å²) in [5, 5.41) is 3.39. The Morgan fingerprint density at radius 1 is 1.25 bits per heavy atom. The Bertz CT molecular complexity index is 475. The highest BCUT2D eigenvalue weighted by atomic mass is 16.7. The van der Waals surface area contributed by atoms with Gasteiger partial charge >= 0.3 is 0 Å². The van der Waals surface area contributed by atoms with Crippen molar-refractivity contribution in [2.45, 2.75) is 32.3 Å². The van der Waals surface area contributed by atoms with E-state index in [1.54, 1.807) is 0 Å². The number of nitrogens with one attached hydrogen (secondary N) is 1. The molecule has 110 valence electrons. The van der Waals surface area contributed by atoms with Gasteiger partial charge in [0.1, 0.15) is 13.2 Å². The van der Waals surface area contributed by atoms with Crippen LogP contribution in [0.5, 0.6) is 11.5 Å². The molecule has 0 aliphatic carbocycles. The molecular weight excluding hydrogens is 258 g/mol. The zero-order valence-electron chi connectivity index (χ0n) is 12.0. The summed E-state index contributed by atoms with van der Waals surface area (Å²) in [6.07, 6.45) is 0.0988. The third-order valence-corrected chi connectivity index (χ3v) is 3.40. The van der Waals surface area contributed by atoms with E-state index in [1.165, 1.54) is 0 Å². The zero-order valence-corrected chi connectivity index (χ0v) is 12.0. The quantitative estimate of drug-likeness (QED) is 0.909. The number of fused-ring (bicyclic) bond motifs is 1. The van der Waals surface area contributed by atoms with Gasteiger partial charge in [-0.15, -0.1) is 0 Å². The van der Waals surface area contributed by atoms with E-state index in [1.807, 2.05) is 26.0 Å². The van der Waals surface area contributed by atoms with Crippen molar-refractivity contribution >= 4 is 0 Å². The van der Waals surface area contributed by atoms with Crippen molar-refractivity contribution in [3.63, 3.8) is 0 Å². The Morgan fingerprint density at radius 2 is 2.10 bits per heavy atom. The zero-order chi connectivity index (χ0) is 14.0. The third kappa shape index (κ3) is 3.06. The lowest BCUT2D eigenvalue weighted by molar-refractivity contribution is -0.137. The van der Waals surface area contributed by atoms with Crippen LogP contribution in [0.4, 0.5) is 0 Å². The Balaban J connectivity index is 1.54. The summed E-state index contributed by atoms with van der Waals surface area (Å²) in [6.45, 7) is 7.22. The molecule has 0 saturated carbocycles. The average molecular weight is 279 g/mol. The Labute approximate surface area is 119 Å². The third-order valence-electron chi connectivity index (χ3n) is 3.40. The highest BCUT2D eigenvalue weighted by Crippen LogP contribution is 2.33. The van der Waals surface area contributed by atoms with Gasteiger partial charge in [-0.05, 0) is 19.9 Å². The molecule has 1 fully saturated rings. The molecular formula is C15H21NO4. The van der Waals surface area contributed by atoms with Gasteiger partial charge < -0.3 is 24.3 Å². The van der Waals surface area contributed by atoms with Crippen molar-refractivity contribution in [1.82, 2.24) is 5.32 Å². The SMILES string of the molecule is CC1(C)OCC(CNCc2cccc3c2OCCO3)O1. The molecule has 1 aromatic carbocycles. The lowest BCUT2D eigenvalue weighted by Gasteiger charge is -2.21. The monoisotopic (exact) mass is 279 g/mol. The van der Waals surface area contributed by atoms with E-state index in [2.05, 4.69) is 11.4 Å². The van der Waals surface area contributed by atoms with Gasteiger partial charge in [-0.2, -0.15) is 0 Å². The van der Waals surface area contributed by atoms with Gasteiger partial charge in [0.2, 0.25) is 0 Å². The molecule has 0 aromatic heterocycles. The van der Waals surface area contributed by atoms with Crippen LogP contribution in [-0.2, 0) is 16.0 Å². The Morgan fingerprint density at radius 3 is 2.90 bits per heavy atom. The van der Waals surface area contributed by atoms with E-state index in [-0.39, 0.29) is 6.10 Å². The maximum absolute atomic E-state index is 5.76. The van der Waals surface area contributed by atoms with E-state index in [0.717, 1.165) is 30.2 Å². The van der Waals surface area contributed by atoms with Crippen LogP contribution in [0.1, 0.15) is 19.4 Å². The smallest absolute Gasteiger partial charge is 0.165 e. The highest BCUT2D eigenvalue weighted by Gasteiger charge is 2.32. The van der Waals surface area contributed by atoms with Gasteiger partial charge in [-0.1, -0.05) is 12.1 Å². The van der Waals surface area contributed by atoms with Gasteiger partial charge in [0.25, 0.3) is 0 Å². The second-order valence-electron chi connectivity index (χ2n) is 5.52. The molecule has 2 aliphatic heterocycles. The summed E-state index contributed by atoms with van der Waals surface area (Å²) in [6, 6.07) is 5.98. The molecule has 20 heavy (non-hydrogen) atoms. The maximum atomic E-state index is 5.76. The fraction of sp³-hybridized carbons (Fsp3) is 0.600. The molecule has 1 aromatic rings. The molecule has 0 radical (unpaired) electrons.